The molecule has 0 heterocycles. The Kier molecular flexibility index (Phi) is 15.2. The lowest BCUT2D eigenvalue weighted by Gasteiger charge is -2.12. The van der Waals surface area contributed by atoms with Crippen molar-refractivity contribution in [2.45, 2.75) is 83.5 Å². The summed E-state index contributed by atoms with van der Waals surface area (Å²) >= 11 is 0. The van der Waals surface area contributed by atoms with Crippen LogP contribution in [0.1, 0.15) is 93.8 Å². The molecule has 0 spiro atoms. The van der Waals surface area contributed by atoms with Crippen LogP contribution in [0.5, 0.6) is 0 Å². The first-order chi connectivity index (χ1) is 14.5. The summed E-state index contributed by atoms with van der Waals surface area (Å²) < 4.78 is 0. The fourth-order valence-corrected chi connectivity index (χ4v) is 3.71. The molecular formula is C26H47N3O. The van der Waals surface area contributed by atoms with E-state index >= 15 is 0 Å². The highest BCUT2D eigenvalue weighted by Gasteiger charge is 2.05. The molecule has 1 aromatic rings. The molecule has 30 heavy (non-hydrogen) atoms. The van der Waals surface area contributed by atoms with Gasteiger partial charge in [-0.3, -0.25) is 4.79 Å². The highest BCUT2D eigenvalue weighted by Crippen LogP contribution is 2.13. The van der Waals surface area contributed by atoms with Crippen molar-refractivity contribution in [1.29, 1.82) is 0 Å². The molecule has 0 aliphatic carbocycles. The first-order valence-electron chi connectivity index (χ1n) is 12.2. The predicted molar refractivity (Wildman–Crippen MR) is 132 cm³/mol. The number of rotatable bonds is 18. The largest absolute Gasteiger partial charge is 0.378 e. The van der Waals surface area contributed by atoms with Crippen molar-refractivity contribution >= 4 is 11.6 Å². The zero-order valence-electron chi connectivity index (χ0n) is 20.2. The van der Waals surface area contributed by atoms with E-state index in [0.29, 0.717) is 0 Å². The fraction of sp³-hybridized carbons (Fsp3) is 0.731. The second-order valence-electron chi connectivity index (χ2n) is 9.10. The maximum absolute atomic E-state index is 12.2. The van der Waals surface area contributed by atoms with Gasteiger partial charge in [-0.2, -0.15) is 0 Å². The molecular weight excluding hydrogens is 370 g/mol. The first kappa shape index (κ1) is 26.5. The van der Waals surface area contributed by atoms with Crippen molar-refractivity contribution in [2.75, 3.05) is 46.2 Å². The Morgan fingerprint density at radius 1 is 0.667 bits per heavy atom. The number of carbonyl (C=O) groups is 1. The van der Waals surface area contributed by atoms with Crippen LogP contribution in [0.15, 0.2) is 24.3 Å². The van der Waals surface area contributed by atoms with E-state index in [1.807, 2.05) is 43.3 Å². The molecule has 0 saturated heterocycles. The fourth-order valence-electron chi connectivity index (χ4n) is 3.71. The molecule has 0 saturated carbocycles. The zero-order valence-corrected chi connectivity index (χ0v) is 20.2. The molecule has 0 unspecified atom stereocenters. The van der Waals surface area contributed by atoms with Crippen LogP contribution in [0.2, 0.25) is 0 Å². The molecule has 0 aliphatic rings. The van der Waals surface area contributed by atoms with Gasteiger partial charge in [-0.15, -0.1) is 0 Å². The second-order valence-corrected chi connectivity index (χ2v) is 9.10. The van der Waals surface area contributed by atoms with Gasteiger partial charge in [-0.05, 0) is 57.7 Å². The van der Waals surface area contributed by atoms with Gasteiger partial charge in [0, 0.05) is 31.9 Å². The van der Waals surface area contributed by atoms with Crippen LogP contribution in [0.3, 0.4) is 0 Å². The average Bonchev–Trinajstić information content (AvgIpc) is 2.73. The lowest BCUT2D eigenvalue weighted by molar-refractivity contribution is 0.0953. The molecule has 4 heteroatoms. The number of anilines is 1. The molecule has 0 radical (unpaired) electrons. The molecule has 172 valence electrons. The van der Waals surface area contributed by atoms with Gasteiger partial charge in [0.1, 0.15) is 0 Å². The second kappa shape index (κ2) is 17.2. The van der Waals surface area contributed by atoms with Gasteiger partial charge < -0.3 is 15.1 Å². The Morgan fingerprint density at radius 3 is 1.53 bits per heavy atom. The molecule has 0 aromatic heterocycles. The zero-order chi connectivity index (χ0) is 22.0. The summed E-state index contributed by atoms with van der Waals surface area (Å²) in [6.45, 7) is 2.01. The summed E-state index contributed by atoms with van der Waals surface area (Å²) in [5.74, 6) is 0.0398. The summed E-state index contributed by atoms with van der Waals surface area (Å²) in [6.07, 6.45) is 17.5. The molecule has 1 rings (SSSR count). The van der Waals surface area contributed by atoms with Gasteiger partial charge in [-0.1, -0.05) is 70.6 Å². The lowest BCUT2D eigenvalue weighted by atomic mass is 10.0. The van der Waals surface area contributed by atoms with Crippen LogP contribution in [0, 0.1) is 0 Å². The monoisotopic (exact) mass is 417 g/mol. The Balaban J connectivity index is 1.86. The number of carbonyl (C=O) groups excluding carboxylic acids is 1. The molecule has 4 nitrogen and oxygen atoms in total. The van der Waals surface area contributed by atoms with Gasteiger partial charge in [0.2, 0.25) is 0 Å². The summed E-state index contributed by atoms with van der Waals surface area (Å²) in [4.78, 5) is 16.5. The molecule has 1 N–H and O–H groups in total. The smallest absolute Gasteiger partial charge is 0.251 e. The number of unbranched alkanes of at least 4 members (excludes halogenated alkanes) is 12. The van der Waals surface area contributed by atoms with E-state index in [1.54, 1.807) is 0 Å². The maximum Gasteiger partial charge on any atom is 0.251 e. The minimum atomic E-state index is 0.0398. The summed E-state index contributed by atoms with van der Waals surface area (Å²) in [5.41, 5.74) is 1.86. The van der Waals surface area contributed by atoms with Crippen LogP contribution in [-0.2, 0) is 0 Å². The van der Waals surface area contributed by atoms with Gasteiger partial charge in [-0.25, -0.2) is 0 Å². The van der Waals surface area contributed by atoms with E-state index in [4.69, 9.17) is 0 Å². The number of nitrogens with one attached hydrogen (secondary N) is 1. The van der Waals surface area contributed by atoms with Crippen molar-refractivity contribution in [3.05, 3.63) is 29.8 Å². The van der Waals surface area contributed by atoms with E-state index in [0.717, 1.165) is 24.2 Å². The summed E-state index contributed by atoms with van der Waals surface area (Å²) in [5, 5.41) is 3.04. The maximum atomic E-state index is 12.2. The van der Waals surface area contributed by atoms with Crippen LogP contribution < -0.4 is 10.2 Å². The normalized spacial score (nSPS) is 11.1. The number of hydrogen-bond acceptors (Lipinski definition) is 3. The highest BCUT2D eigenvalue weighted by molar-refractivity contribution is 5.94. The summed E-state index contributed by atoms with van der Waals surface area (Å²) in [7, 11) is 8.32. The molecule has 0 bridgehead atoms. The van der Waals surface area contributed by atoms with E-state index < -0.39 is 0 Å². The van der Waals surface area contributed by atoms with Crippen LogP contribution in [-0.4, -0.2) is 52.1 Å². The van der Waals surface area contributed by atoms with Gasteiger partial charge in [0.25, 0.3) is 5.91 Å². The topological polar surface area (TPSA) is 35.6 Å². The SMILES string of the molecule is CN(C)CCCCCCCCCCCCCCCNC(=O)c1ccc(N(C)C)cc1. The average molecular weight is 418 g/mol. The van der Waals surface area contributed by atoms with Crippen LogP contribution in [0.25, 0.3) is 0 Å². The molecule has 1 amide bonds. The van der Waals surface area contributed by atoms with Crippen molar-refractivity contribution in [2.24, 2.45) is 0 Å². The molecule has 1 aromatic carbocycles. The Morgan fingerprint density at radius 2 is 1.10 bits per heavy atom. The van der Waals surface area contributed by atoms with E-state index in [9.17, 15) is 4.79 Å². The minimum Gasteiger partial charge on any atom is -0.378 e. The number of amides is 1. The van der Waals surface area contributed by atoms with Crippen LogP contribution in [0.4, 0.5) is 5.69 Å². The van der Waals surface area contributed by atoms with Crippen molar-refractivity contribution in [3.63, 3.8) is 0 Å². The third kappa shape index (κ3) is 13.6. The molecule has 0 aliphatic heterocycles. The third-order valence-corrected chi connectivity index (χ3v) is 5.71. The Hall–Kier alpha value is -1.55. The minimum absolute atomic E-state index is 0.0398. The summed E-state index contributed by atoms with van der Waals surface area (Å²) in [6, 6.07) is 7.77. The first-order valence-corrected chi connectivity index (χ1v) is 12.2. The predicted octanol–water partition coefficient (Wildman–Crippen LogP) is 6.12. The lowest BCUT2D eigenvalue weighted by Crippen LogP contribution is -2.24. The molecule has 0 atom stereocenters. The van der Waals surface area contributed by atoms with E-state index in [-0.39, 0.29) is 5.91 Å². The van der Waals surface area contributed by atoms with Gasteiger partial charge in [0.05, 0.1) is 0 Å². The van der Waals surface area contributed by atoms with Gasteiger partial charge in [0.15, 0.2) is 0 Å². The third-order valence-electron chi connectivity index (χ3n) is 5.71. The van der Waals surface area contributed by atoms with Crippen LogP contribution >= 0.6 is 0 Å². The number of nitrogens with zero attached hydrogens (tertiary/aromatic N) is 2. The number of hydrogen-bond donors (Lipinski definition) is 1. The standard InChI is InChI=1S/C26H47N3O/c1-28(2)23-17-15-13-11-9-7-5-6-8-10-12-14-16-22-27-26(30)24-18-20-25(21-19-24)29(3)4/h18-21H,5-17,22-23H2,1-4H3,(H,27,30). The van der Waals surface area contributed by atoms with E-state index in [2.05, 4.69) is 24.3 Å². The van der Waals surface area contributed by atoms with Gasteiger partial charge >= 0.3 is 0 Å². The molecule has 0 fully saturated rings. The van der Waals surface area contributed by atoms with Crippen molar-refractivity contribution in [3.8, 4) is 0 Å². The Labute approximate surface area is 186 Å². The van der Waals surface area contributed by atoms with Crippen molar-refractivity contribution < 1.29 is 4.79 Å². The quantitative estimate of drug-likeness (QED) is 0.292. The number of benzene rings is 1. The van der Waals surface area contributed by atoms with E-state index in [1.165, 1.54) is 83.6 Å². The van der Waals surface area contributed by atoms with Crippen molar-refractivity contribution in [1.82, 2.24) is 10.2 Å². The Bertz CT molecular complexity index is 540. The highest BCUT2D eigenvalue weighted by atomic mass is 16.1.